The Kier molecular flexibility index (Phi) is 3.11. The molecule has 2 aromatic carbocycles. The van der Waals surface area contributed by atoms with Crippen LogP contribution in [0.5, 0.6) is 0 Å². The van der Waals surface area contributed by atoms with E-state index in [1.165, 1.54) is 16.5 Å². The molecule has 0 radical (unpaired) electrons. The van der Waals surface area contributed by atoms with Crippen molar-refractivity contribution < 1.29 is 5.11 Å². The Labute approximate surface area is 119 Å². The number of nitrogens with one attached hydrogen (secondary N) is 1. The Morgan fingerprint density at radius 3 is 2.25 bits per heavy atom. The Morgan fingerprint density at radius 2 is 1.55 bits per heavy atom. The second kappa shape index (κ2) is 4.80. The van der Waals surface area contributed by atoms with Crippen molar-refractivity contribution >= 4 is 10.9 Å². The maximum atomic E-state index is 10.6. The van der Waals surface area contributed by atoms with E-state index in [-0.39, 0.29) is 0 Å². The molecular weight excluding hydrogens is 246 g/mol. The van der Waals surface area contributed by atoms with Gasteiger partial charge in [0.05, 0.1) is 5.69 Å². The molecule has 102 valence electrons. The largest absolute Gasteiger partial charge is 0.382 e. The summed E-state index contributed by atoms with van der Waals surface area (Å²) in [5.74, 6) is 0. The highest BCUT2D eigenvalue weighted by molar-refractivity contribution is 5.85. The molecule has 1 aromatic heterocycles. The predicted octanol–water partition coefficient (Wildman–Crippen LogP) is 4.17. The molecule has 0 amide bonds. The molecule has 0 aliphatic carbocycles. The summed E-state index contributed by atoms with van der Waals surface area (Å²) >= 11 is 0. The third-order valence-electron chi connectivity index (χ3n) is 3.92. The smallest absolute Gasteiger partial charge is 0.119 e. The molecule has 3 rings (SSSR count). The van der Waals surface area contributed by atoms with E-state index in [1.807, 2.05) is 31.2 Å². The van der Waals surface area contributed by atoms with Gasteiger partial charge in [0.1, 0.15) is 6.10 Å². The second-order valence-corrected chi connectivity index (χ2v) is 5.53. The topological polar surface area (TPSA) is 36.0 Å². The summed E-state index contributed by atoms with van der Waals surface area (Å²) in [6.45, 7) is 6.19. The van der Waals surface area contributed by atoms with Gasteiger partial charge in [-0.1, -0.05) is 41.5 Å². The lowest BCUT2D eigenvalue weighted by molar-refractivity contribution is 0.215. The highest BCUT2D eigenvalue weighted by Gasteiger charge is 2.17. The summed E-state index contributed by atoms with van der Waals surface area (Å²) < 4.78 is 0. The summed E-state index contributed by atoms with van der Waals surface area (Å²) in [7, 11) is 0. The highest BCUT2D eigenvalue weighted by Crippen LogP contribution is 2.30. The molecule has 0 aliphatic heterocycles. The number of hydrogen-bond acceptors (Lipinski definition) is 1. The third kappa shape index (κ3) is 2.12. The minimum Gasteiger partial charge on any atom is -0.382 e. The van der Waals surface area contributed by atoms with E-state index in [4.69, 9.17) is 0 Å². The summed E-state index contributed by atoms with van der Waals surface area (Å²) in [6, 6.07) is 14.3. The van der Waals surface area contributed by atoms with Gasteiger partial charge in [0.15, 0.2) is 0 Å². The van der Waals surface area contributed by atoms with Gasteiger partial charge in [-0.2, -0.15) is 0 Å². The van der Waals surface area contributed by atoms with Crippen molar-refractivity contribution in [1.29, 1.82) is 0 Å². The summed E-state index contributed by atoms with van der Waals surface area (Å²) in [5, 5.41) is 11.8. The van der Waals surface area contributed by atoms with Gasteiger partial charge in [-0.3, -0.25) is 0 Å². The third-order valence-corrected chi connectivity index (χ3v) is 3.92. The lowest BCUT2D eigenvalue weighted by atomic mass is 10.0. The fraction of sp³-hybridized carbons (Fsp3) is 0.222. The monoisotopic (exact) mass is 265 g/mol. The number of fused-ring (bicyclic) bond motifs is 1. The molecule has 0 aliphatic rings. The van der Waals surface area contributed by atoms with Crippen LogP contribution >= 0.6 is 0 Å². The molecule has 3 aromatic rings. The number of aryl methyl sites for hydroxylation is 3. The summed E-state index contributed by atoms with van der Waals surface area (Å²) in [4.78, 5) is 3.35. The zero-order valence-corrected chi connectivity index (χ0v) is 12.1. The van der Waals surface area contributed by atoms with Gasteiger partial charge in [-0.05, 0) is 44.0 Å². The molecular formula is C18H19NO. The number of aromatic amines is 1. The van der Waals surface area contributed by atoms with Crippen molar-refractivity contribution in [2.24, 2.45) is 0 Å². The van der Waals surface area contributed by atoms with Crippen molar-refractivity contribution in [1.82, 2.24) is 4.98 Å². The maximum Gasteiger partial charge on any atom is 0.119 e. The van der Waals surface area contributed by atoms with Crippen LogP contribution in [0.15, 0.2) is 42.5 Å². The van der Waals surface area contributed by atoms with Crippen LogP contribution in [0, 0.1) is 20.8 Å². The van der Waals surface area contributed by atoms with E-state index in [1.54, 1.807) is 0 Å². The lowest BCUT2D eigenvalue weighted by Crippen LogP contribution is -2.01. The molecule has 0 fully saturated rings. The molecule has 0 saturated heterocycles. The van der Waals surface area contributed by atoms with Gasteiger partial charge in [0, 0.05) is 10.9 Å². The van der Waals surface area contributed by atoms with Crippen LogP contribution in [0.3, 0.4) is 0 Å². The van der Waals surface area contributed by atoms with E-state index in [2.05, 4.69) is 37.0 Å². The molecule has 1 atom stereocenters. The Balaban J connectivity index is 2.09. The number of aliphatic hydroxyl groups excluding tert-OH is 1. The van der Waals surface area contributed by atoms with Crippen LogP contribution in [-0.2, 0) is 0 Å². The molecule has 1 heterocycles. The SMILES string of the molecule is Cc1ccc(C(O)c2[nH]c3ccc(C)cc3c2C)cc1. The van der Waals surface area contributed by atoms with Crippen LogP contribution in [0.25, 0.3) is 10.9 Å². The summed E-state index contributed by atoms with van der Waals surface area (Å²) in [6.07, 6.45) is -0.608. The Morgan fingerprint density at radius 1 is 0.900 bits per heavy atom. The minimum atomic E-state index is -0.608. The average Bonchev–Trinajstić information content (AvgIpc) is 2.76. The van der Waals surface area contributed by atoms with Crippen molar-refractivity contribution in [2.45, 2.75) is 26.9 Å². The zero-order chi connectivity index (χ0) is 14.3. The van der Waals surface area contributed by atoms with Gasteiger partial charge in [0.2, 0.25) is 0 Å². The molecule has 0 spiro atoms. The van der Waals surface area contributed by atoms with Gasteiger partial charge in [0.25, 0.3) is 0 Å². The quantitative estimate of drug-likeness (QED) is 0.716. The van der Waals surface area contributed by atoms with Crippen LogP contribution in [0.4, 0.5) is 0 Å². The van der Waals surface area contributed by atoms with E-state index in [0.29, 0.717) is 0 Å². The van der Waals surface area contributed by atoms with Gasteiger partial charge in [-0.15, -0.1) is 0 Å². The zero-order valence-electron chi connectivity index (χ0n) is 12.1. The maximum absolute atomic E-state index is 10.6. The first-order valence-corrected chi connectivity index (χ1v) is 6.89. The summed E-state index contributed by atoms with van der Waals surface area (Å²) in [5.41, 5.74) is 6.43. The Hall–Kier alpha value is -2.06. The molecule has 0 bridgehead atoms. The first-order chi connectivity index (χ1) is 9.56. The number of hydrogen-bond donors (Lipinski definition) is 2. The normalized spacial score (nSPS) is 12.8. The molecule has 2 nitrogen and oxygen atoms in total. The van der Waals surface area contributed by atoms with E-state index < -0.39 is 6.10 Å². The van der Waals surface area contributed by atoms with Crippen LogP contribution in [-0.4, -0.2) is 10.1 Å². The number of aliphatic hydroxyl groups is 1. The molecule has 20 heavy (non-hydrogen) atoms. The second-order valence-electron chi connectivity index (χ2n) is 5.53. The first-order valence-electron chi connectivity index (χ1n) is 6.89. The fourth-order valence-electron chi connectivity index (χ4n) is 2.65. The van der Waals surface area contributed by atoms with Crippen molar-refractivity contribution in [3.05, 3.63) is 70.4 Å². The van der Waals surface area contributed by atoms with Gasteiger partial charge in [-0.25, -0.2) is 0 Å². The average molecular weight is 265 g/mol. The Bertz CT molecular complexity index is 753. The van der Waals surface area contributed by atoms with Crippen LogP contribution in [0.1, 0.15) is 34.1 Å². The standard InChI is InChI=1S/C18H19NO/c1-11-4-7-14(8-5-11)18(20)17-13(3)15-10-12(2)6-9-16(15)19-17/h4-10,18-20H,1-3H3. The van der Waals surface area contributed by atoms with E-state index in [0.717, 1.165) is 22.3 Å². The lowest BCUT2D eigenvalue weighted by Gasteiger charge is -2.11. The van der Waals surface area contributed by atoms with Crippen LogP contribution < -0.4 is 0 Å². The molecule has 1 unspecified atom stereocenters. The molecule has 0 saturated carbocycles. The van der Waals surface area contributed by atoms with Gasteiger partial charge >= 0.3 is 0 Å². The van der Waals surface area contributed by atoms with Crippen molar-refractivity contribution in [3.63, 3.8) is 0 Å². The van der Waals surface area contributed by atoms with E-state index in [9.17, 15) is 5.11 Å². The molecule has 2 N–H and O–H groups in total. The number of rotatable bonds is 2. The van der Waals surface area contributed by atoms with Gasteiger partial charge < -0.3 is 10.1 Å². The van der Waals surface area contributed by atoms with E-state index >= 15 is 0 Å². The van der Waals surface area contributed by atoms with Crippen molar-refractivity contribution in [2.75, 3.05) is 0 Å². The highest BCUT2D eigenvalue weighted by atomic mass is 16.3. The first kappa shape index (κ1) is 12.9. The van der Waals surface area contributed by atoms with Crippen LogP contribution in [0.2, 0.25) is 0 Å². The molecule has 2 heteroatoms. The number of aromatic nitrogens is 1. The van der Waals surface area contributed by atoms with Crippen molar-refractivity contribution in [3.8, 4) is 0 Å². The number of H-pyrrole nitrogens is 1. The predicted molar refractivity (Wildman–Crippen MR) is 83.0 cm³/mol. The number of benzene rings is 2. The fourth-order valence-corrected chi connectivity index (χ4v) is 2.65. The minimum absolute atomic E-state index is 0.608.